The van der Waals surface area contributed by atoms with Crippen molar-refractivity contribution in [1.82, 2.24) is 5.43 Å². The highest BCUT2D eigenvalue weighted by atomic mass is 35.5. The average molecular weight is 287 g/mol. The molecule has 0 aliphatic carbocycles. The van der Waals surface area contributed by atoms with Gasteiger partial charge in [-0.1, -0.05) is 54.1 Å². The first kappa shape index (κ1) is 14.0. The standard InChI is InChI=1S/C15H11ClN2O2/c16-13-9-5-4-8-12(13)15(20)18-17-10-14(19)11-6-2-1-3-7-11/h1-10H,(H,18,20)/b17-10+. The first-order valence-corrected chi connectivity index (χ1v) is 6.23. The second-order valence-electron chi connectivity index (χ2n) is 3.91. The Balaban J connectivity index is 1.99. The third-order valence-corrected chi connectivity index (χ3v) is 2.85. The fourth-order valence-electron chi connectivity index (χ4n) is 1.53. The molecule has 20 heavy (non-hydrogen) atoms. The number of Topliss-reactive ketones (excluding diaryl/α,β-unsaturated/α-hetero) is 1. The third kappa shape index (κ3) is 3.52. The zero-order valence-corrected chi connectivity index (χ0v) is 11.2. The van der Waals surface area contributed by atoms with Crippen molar-refractivity contribution in [2.75, 3.05) is 0 Å². The number of rotatable bonds is 4. The molecule has 0 aromatic heterocycles. The van der Waals surface area contributed by atoms with Gasteiger partial charge in [-0.2, -0.15) is 5.10 Å². The summed E-state index contributed by atoms with van der Waals surface area (Å²) in [6.07, 6.45) is 1.06. The number of carbonyl (C=O) groups excluding carboxylic acids is 2. The van der Waals surface area contributed by atoms with Crippen LogP contribution in [0.5, 0.6) is 0 Å². The van der Waals surface area contributed by atoms with Crippen LogP contribution in [-0.4, -0.2) is 17.9 Å². The van der Waals surface area contributed by atoms with E-state index in [1.165, 1.54) is 0 Å². The summed E-state index contributed by atoms with van der Waals surface area (Å²) in [5, 5.41) is 3.96. The van der Waals surface area contributed by atoms with Crippen molar-refractivity contribution in [1.29, 1.82) is 0 Å². The lowest BCUT2D eigenvalue weighted by molar-refractivity contribution is 0.0955. The SMILES string of the molecule is O=C(/C=N/NC(=O)c1ccccc1Cl)c1ccccc1. The van der Waals surface area contributed by atoms with Gasteiger partial charge >= 0.3 is 0 Å². The smallest absolute Gasteiger partial charge is 0.272 e. The van der Waals surface area contributed by atoms with Crippen molar-refractivity contribution in [3.8, 4) is 0 Å². The quantitative estimate of drug-likeness (QED) is 0.534. The van der Waals surface area contributed by atoms with Crippen molar-refractivity contribution >= 4 is 29.5 Å². The summed E-state index contributed by atoms with van der Waals surface area (Å²) in [5.74, 6) is -0.752. The fraction of sp³-hybridized carbons (Fsp3) is 0. The van der Waals surface area contributed by atoms with Gasteiger partial charge < -0.3 is 0 Å². The van der Waals surface area contributed by atoms with E-state index < -0.39 is 5.91 Å². The summed E-state index contributed by atoms with van der Waals surface area (Å²) < 4.78 is 0. The minimum atomic E-state index is -0.465. The Bertz CT molecular complexity index is 654. The molecule has 0 saturated carbocycles. The van der Waals surface area contributed by atoms with E-state index in [1.54, 1.807) is 48.5 Å². The minimum absolute atomic E-state index is 0.287. The molecule has 5 heteroatoms. The second kappa shape index (κ2) is 6.63. The number of hydrogen-bond donors (Lipinski definition) is 1. The highest BCUT2D eigenvalue weighted by molar-refractivity contribution is 6.35. The second-order valence-corrected chi connectivity index (χ2v) is 4.32. The first-order valence-electron chi connectivity index (χ1n) is 5.86. The Morgan fingerprint density at radius 3 is 2.35 bits per heavy atom. The van der Waals surface area contributed by atoms with Crippen molar-refractivity contribution < 1.29 is 9.59 Å². The lowest BCUT2D eigenvalue weighted by atomic mass is 10.1. The zero-order chi connectivity index (χ0) is 14.4. The molecule has 2 aromatic carbocycles. The van der Waals surface area contributed by atoms with Gasteiger partial charge in [-0.05, 0) is 12.1 Å². The lowest BCUT2D eigenvalue weighted by Crippen LogP contribution is -2.19. The predicted octanol–water partition coefficient (Wildman–Crippen LogP) is 2.94. The average Bonchev–Trinajstić information content (AvgIpc) is 2.48. The summed E-state index contributed by atoms with van der Waals surface area (Å²) in [4.78, 5) is 23.5. The van der Waals surface area contributed by atoms with Crippen LogP contribution in [0.15, 0.2) is 59.7 Å². The summed E-state index contributed by atoms with van der Waals surface area (Å²) >= 11 is 5.88. The monoisotopic (exact) mass is 286 g/mol. The molecule has 0 aliphatic heterocycles. The number of benzene rings is 2. The number of ketones is 1. The van der Waals surface area contributed by atoms with E-state index in [9.17, 15) is 9.59 Å². The number of halogens is 1. The van der Waals surface area contributed by atoms with E-state index in [2.05, 4.69) is 10.5 Å². The molecule has 0 fully saturated rings. The van der Waals surface area contributed by atoms with E-state index in [4.69, 9.17) is 11.6 Å². The number of amides is 1. The van der Waals surface area contributed by atoms with Crippen LogP contribution in [0.2, 0.25) is 5.02 Å². The topological polar surface area (TPSA) is 58.5 Å². The number of hydrogen-bond acceptors (Lipinski definition) is 3. The molecule has 0 bridgehead atoms. The highest BCUT2D eigenvalue weighted by Crippen LogP contribution is 2.14. The van der Waals surface area contributed by atoms with E-state index in [-0.39, 0.29) is 5.78 Å². The van der Waals surface area contributed by atoms with Crippen molar-refractivity contribution in [3.05, 3.63) is 70.7 Å². The van der Waals surface area contributed by atoms with Crippen LogP contribution in [0, 0.1) is 0 Å². The number of hydrazone groups is 1. The van der Waals surface area contributed by atoms with Gasteiger partial charge in [0.1, 0.15) is 0 Å². The van der Waals surface area contributed by atoms with Crippen LogP contribution in [0.1, 0.15) is 20.7 Å². The van der Waals surface area contributed by atoms with Gasteiger partial charge in [-0.15, -0.1) is 0 Å². The zero-order valence-electron chi connectivity index (χ0n) is 10.4. The van der Waals surface area contributed by atoms with Crippen LogP contribution >= 0.6 is 11.6 Å². The molecule has 0 atom stereocenters. The van der Waals surface area contributed by atoms with Gasteiger partial charge in [-0.3, -0.25) is 9.59 Å². The first-order chi connectivity index (χ1) is 9.68. The molecule has 100 valence electrons. The minimum Gasteiger partial charge on any atom is -0.287 e. The maximum atomic E-state index is 11.8. The molecule has 2 aromatic rings. The van der Waals surface area contributed by atoms with Crippen molar-refractivity contribution in [3.63, 3.8) is 0 Å². The van der Waals surface area contributed by atoms with E-state index in [1.807, 2.05) is 6.07 Å². The van der Waals surface area contributed by atoms with Crippen LogP contribution in [0.3, 0.4) is 0 Å². The van der Waals surface area contributed by atoms with Crippen molar-refractivity contribution in [2.45, 2.75) is 0 Å². The maximum Gasteiger partial charge on any atom is 0.272 e. The Labute approximate surface area is 121 Å². The summed E-state index contributed by atoms with van der Waals surface area (Å²) in [5.41, 5.74) is 3.07. The van der Waals surface area contributed by atoms with Crippen molar-refractivity contribution in [2.24, 2.45) is 5.10 Å². The maximum absolute atomic E-state index is 11.8. The molecule has 1 amide bonds. The van der Waals surface area contributed by atoms with Gasteiger partial charge in [0.2, 0.25) is 5.78 Å². The van der Waals surface area contributed by atoms with Crippen LogP contribution in [0.4, 0.5) is 0 Å². The fourth-order valence-corrected chi connectivity index (χ4v) is 1.75. The van der Waals surface area contributed by atoms with Gasteiger partial charge in [-0.25, -0.2) is 5.43 Å². The van der Waals surface area contributed by atoms with Crippen LogP contribution in [-0.2, 0) is 0 Å². The Morgan fingerprint density at radius 1 is 1.00 bits per heavy atom. The molecule has 0 spiro atoms. The highest BCUT2D eigenvalue weighted by Gasteiger charge is 2.08. The van der Waals surface area contributed by atoms with E-state index >= 15 is 0 Å². The van der Waals surface area contributed by atoms with Gasteiger partial charge in [0.05, 0.1) is 16.8 Å². The molecule has 0 unspecified atom stereocenters. The van der Waals surface area contributed by atoms with E-state index in [0.717, 1.165) is 6.21 Å². The summed E-state index contributed by atoms with van der Waals surface area (Å²) in [6.45, 7) is 0. The van der Waals surface area contributed by atoms with Crippen LogP contribution < -0.4 is 5.43 Å². The normalized spacial score (nSPS) is 10.4. The molecule has 0 saturated heterocycles. The molecule has 2 rings (SSSR count). The Morgan fingerprint density at radius 2 is 1.65 bits per heavy atom. The Kier molecular flexibility index (Phi) is 4.63. The molecular formula is C15H11ClN2O2. The molecule has 0 radical (unpaired) electrons. The largest absolute Gasteiger partial charge is 0.287 e. The van der Waals surface area contributed by atoms with Gasteiger partial charge in [0.25, 0.3) is 5.91 Å². The number of nitrogens with one attached hydrogen (secondary N) is 1. The van der Waals surface area contributed by atoms with E-state index in [0.29, 0.717) is 16.1 Å². The third-order valence-electron chi connectivity index (χ3n) is 2.52. The van der Waals surface area contributed by atoms with Gasteiger partial charge in [0, 0.05) is 5.56 Å². The molecule has 0 heterocycles. The predicted molar refractivity (Wildman–Crippen MR) is 78.2 cm³/mol. The van der Waals surface area contributed by atoms with Gasteiger partial charge in [0.15, 0.2) is 0 Å². The molecule has 4 nitrogen and oxygen atoms in total. The molecule has 1 N–H and O–H groups in total. The lowest BCUT2D eigenvalue weighted by Gasteiger charge is -2.01. The number of carbonyl (C=O) groups is 2. The van der Waals surface area contributed by atoms with Crippen LogP contribution in [0.25, 0.3) is 0 Å². The summed E-state index contributed by atoms with van der Waals surface area (Å²) in [6, 6.07) is 15.3. The summed E-state index contributed by atoms with van der Waals surface area (Å²) in [7, 11) is 0. The number of nitrogens with zero attached hydrogens (tertiary/aromatic N) is 1. The molecular weight excluding hydrogens is 276 g/mol. The Hall–Kier alpha value is -2.46. The molecule has 0 aliphatic rings.